The molecule has 2 aliphatic heterocycles. The summed E-state index contributed by atoms with van der Waals surface area (Å²) >= 11 is 0. The maximum Gasteiger partial charge on any atom is 0.142 e. The Balaban J connectivity index is 1.47. The second-order valence-corrected chi connectivity index (χ2v) is 5.65. The highest BCUT2D eigenvalue weighted by Gasteiger charge is 2.29. The van der Waals surface area contributed by atoms with Gasteiger partial charge in [0.2, 0.25) is 0 Å². The van der Waals surface area contributed by atoms with E-state index in [-0.39, 0.29) is 11.7 Å². The molecule has 1 fully saturated rings. The van der Waals surface area contributed by atoms with Crippen LogP contribution in [-0.4, -0.2) is 37.9 Å². The van der Waals surface area contributed by atoms with Crippen LogP contribution in [0.4, 0.5) is 5.69 Å². The lowest BCUT2D eigenvalue weighted by Gasteiger charge is -2.29. The molecule has 0 amide bonds. The molecule has 2 aliphatic rings. The van der Waals surface area contributed by atoms with Crippen molar-refractivity contribution in [3.63, 3.8) is 0 Å². The predicted molar refractivity (Wildman–Crippen MR) is 75.8 cm³/mol. The number of ether oxygens (including phenoxy) is 2. The van der Waals surface area contributed by atoms with Gasteiger partial charge in [0.1, 0.15) is 11.9 Å². The average molecular weight is 262 g/mol. The Morgan fingerprint density at radius 2 is 2.32 bits per heavy atom. The number of rotatable bonds is 4. The lowest BCUT2D eigenvalue weighted by atomic mass is 10.0. The predicted octanol–water partition coefficient (Wildman–Crippen LogP) is 2.02. The summed E-state index contributed by atoms with van der Waals surface area (Å²) in [6, 6.07) is 8.08. The smallest absolute Gasteiger partial charge is 0.142 e. The van der Waals surface area contributed by atoms with Crippen LogP contribution in [0.15, 0.2) is 24.3 Å². The monoisotopic (exact) mass is 262 g/mol. The second-order valence-electron chi connectivity index (χ2n) is 5.65. The highest BCUT2D eigenvalue weighted by Crippen LogP contribution is 2.28. The lowest BCUT2D eigenvalue weighted by molar-refractivity contribution is 0.0192. The molecule has 3 rings (SSSR count). The minimum Gasteiger partial charge on any atom is -0.485 e. The molecule has 1 aromatic rings. The summed E-state index contributed by atoms with van der Waals surface area (Å²) in [6.07, 6.45) is 2.50. The Morgan fingerprint density at radius 3 is 3.16 bits per heavy atom. The maximum atomic E-state index is 5.96. The van der Waals surface area contributed by atoms with Crippen molar-refractivity contribution < 1.29 is 9.47 Å². The van der Waals surface area contributed by atoms with Gasteiger partial charge in [0, 0.05) is 19.7 Å². The number of nitrogens with one attached hydrogen (secondary N) is 2. The van der Waals surface area contributed by atoms with E-state index in [1.165, 1.54) is 6.42 Å². The molecular weight excluding hydrogens is 240 g/mol. The van der Waals surface area contributed by atoms with E-state index in [0.717, 1.165) is 44.1 Å². The summed E-state index contributed by atoms with van der Waals surface area (Å²) in [6.45, 7) is 5.67. The van der Waals surface area contributed by atoms with Crippen LogP contribution in [0.3, 0.4) is 0 Å². The van der Waals surface area contributed by atoms with Crippen LogP contribution < -0.4 is 15.4 Å². The molecule has 0 spiro atoms. The number of hydrogen-bond acceptors (Lipinski definition) is 4. The minimum atomic E-state index is 0.0139. The van der Waals surface area contributed by atoms with Gasteiger partial charge < -0.3 is 20.1 Å². The van der Waals surface area contributed by atoms with E-state index < -0.39 is 0 Å². The third-order valence-corrected chi connectivity index (χ3v) is 3.87. The summed E-state index contributed by atoms with van der Waals surface area (Å²) in [5.41, 5.74) is 1.10. The van der Waals surface area contributed by atoms with Crippen molar-refractivity contribution in [2.75, 3.05) is 31.6 Å². The largest absolute Gasteiger partial charge is 0.485 e. The van der Waals surface area contributed by atoms with Crippen LogP contribution >= 0.6 is 0 Å². The summed E-state index contributed by atoms with van der Waals surface area (Å²) in [5.74, 6) is 0.948. The van der Waals surface area contributed by atoms with Crippen molar-refractivity contribution >= 4 is 5.69 Å². The normalized spacial score (nSPS) is 29.4. The molecule has 2 N–H and O–H groups in total. The van der Waals surface area contributed by atoms with Gasteiger partial charge in [0.15, 0.2) is 0 Å². The second kappa shape index (κ2) is 5.39. The first-order chi connectivity index (χ1) is 9.25. The Hall–Kier alpha value is -1.26. The van der Waals surface area contributed by atoms with Crippen molar-refractivity contribution in [1.29, 1.82) is 0 Å². The number of benzene rings is 1. The van der Waals surface area contributed by atoms with E-state index in [1.807, 2.05) is 24.3 Å². The van der Waals surface area contributed by atoms with Crippen LogP contribution in [0.5, 0.6) is 5.75 Å². The van der Waals surface area contributed by atoms with Crippen LogP contribution in [-0.2, 0) is 4.74 Å². The van der Waals surface area contributed by atoms with Gasteiger partial charge in [-0.2, -0.15) is 0 Å². The number of anilines is 1. The van der Waals surface area contributed by atoms with E-state index in [2.05, 4.69) is 17.6 Å². The SMILES string of the molecule is CC1(CNCC2CNc3ccccc3O2)CCCO1. The third-order valence-electron chi connectivity index (χ3n) is 3.87. The summed E-state index contributed by atoms with van der Waals surface area (Å²) in [5, 5.41) is 6.88. The first-order valence-electron chi connectivity index (χ1n) is 7.09. The molecule has 2 unspecified atom stereocenters. The summed E-state index contributed by atoms with van der Waals surface area (Å²) in [4.78, 5) is 0. The molecule has 0 radical (unpaired) electrons. The third kappa shape index (κ3) is 3.01. The molecule has 0 bridgehead atoms. The highest BCUT2D eigenvalue weighted by molar-refractivity contribution is 5.57. The number of hydrogen-bond donors (Lipinski definition) is 2. The van der Waals surface area contributed by atoms with E-state index in [9.17, 15) is 0 Å². The average Bonchev–Trinajstić information content (AvgIpc) is 2.86. The Bertz CT molecular complexity index is 430. The first kappa shape index (κ1) is 12.8. The van der Waals surface area contributed by atoms with Gasteiger partial charge in [-0.25, -0.2) is 0 Å². The summed E-state index contributed by atoms with van der Waals surface area (Å²) < 4.78 is 11.7. The standard InChI is InChI=1S/C15H22N2O2/c1-15(7-4-8-18-15)11-16-9-12-10-17-13-5-2-3-6-14(13)19-12/h2-3,5-6,12,16-17H,4,7-11H2,1H3. The molecule has 4 heteroatoms. The van der Waals surface area contributed by atoms with E-state index in [1.54, 1.807) is 0 Å². The quantitative estimate of drug-likeness (QED) is 0.871. The van der Waals surface area contributed by atoms with Crippen molar-refractivity contribution in [2.24, 2.45) is 0 Å². The molecule has 0 aromatic heterocycles. The zero-order valence-corrected chi connectivity index (χ0v) is 11.4. The maximum absolute atomic E-state index is 5.96. The van der Waals surface area contributed by atoms with Gasteiger partial charge in [-0.1, -0.05) is 12.1 Å². The molecule has 104 valence electrons. The van der Waals surface area contributed by atoms with Crippen molar-refractivity contribution in [2.45, 2.75) is 31.5 Å². The van der Waals surface area contributed by atoms with Crippen molar-refractivity contribution in [3.8, 4) is 5.75 Å². The fourth-order valence-electron chi connectivity index (χ4n) is 2.75. The Labute approximate surface area is 114 Å². The molecule has 2 heterocycles. The van der Waals surface area contributed by atoms with Gasteiger partial charge in [-0.3, -0.25) is 0 Å². The van der Waals surface area contributed by atoms with Gasteiger partial charge in [0.05, 0.1) is 17.8 Å². The van der Waals surface area contributed by atoms with Gasteiger partial charge >= 0.3 is 0 Å². The fraction of sp³-hybridized carbons (Fsp3) is 0.600. The van der Waals surface area contributed by atoms with Crippen molar-refractivity contribution in [1.82, 2.24) is 5.32 Å². The van der Waals surface area contributed by atoms with Crippen LogP contribution in [0.2, 0.25) is 0 Å². The highest BCUT2D eigenvalue weighted by atomic mass is 16.5. The van der Waals surface area contributed by atoms with Crippen LogP contribution in [0.1, 0.15) is 19.8 Å². The lowest BCUT2D eigenvalue weighted by Crippen LogP contribution is -2.44. The molecule has 1 saturated heterocycles. The van der Waals surface area contributed by atoms with Gasteiger partial charge in [0.25, 0.3) is 0 Å². The minimum absolute atomic E-state index is 0.0139. The fourth-order valence-corrected chi connectivity index (χ4v) is 2.75. The number of para-hydroxylation sites is 2. The van der Waals surface area contributed by atoms with Gasteiger partial charge in [-0.05, 0) is 31.9 Å². The van der Waals surface area contributed by atoms with E-state index in [4.69, 9.17) is 9.47 Å². The molecule has 0 aliphatic carbocycles. The van der Waals surface area contributed by atoms with Crippen LogP contribution in [0, 0.1) is 0 Å². The molecule has 19 heavy (non-hydrogen) atoms. The Morgan fingerprint density at radius 1 is 1.42 bits per heavy atom. The molecule has 1 aromatic carbocycles. The Kier molecular flexibility index (Phi) is 3.62. The van der Waals surface area contributed by atoms with Crippen molar-refractivity contribution in [3.05, 3.63) is 24.3 Å². The molecular formula is C15H22N2O2. The molecule has 4 nitrogen and oxygen atoms in total. The zero-order chi connectivity index (χ0) is 13.1. The van der Waals surface area contributed by atoms with Gasteiger partial charge in [-0.15, -0.1) is 0 Å². The summed E-state index contributed by atoms with van der Waals surface area (Å²) in [7, 11) is 0. The van der Waals surface area contributed by atoms with E-state index >= 15 is 0 Å². The van der Waals surface area contributed by atoms with E-state index in [0.29, 0.717) is 0 Å². The molecule has 2 atom stereocenters. The van der Waals surface area contributed by atoms with Crippen LogP contribution in [0.25, 0.3) is 0 Å². The number of fused-ring (bicyclic) bond motifs is 1. The topological polar surface area (TPSA) is 42.5 Å². The first-order valence-corrected chi connectivity index (χ1v) is 7.09. The zero-order valence-electron chi connectivity index (χ0n) is 11.4. The molecule has 0 saturated carbocycles.